The third-order valence-electron chi connectivity index (χ3n) is 3.07. The molecule has 0 fully saturated rings. The Bertz CT molecular complexity index is 740. The van der Waals surface area contributed by atoms with Gasteiger partial charge in [-0.3, -0.25) is 4.79 Å². The fourth-order valence-electron chi connectivity index (χ4n) is 2.07. The van der Waals surface area contributed by atoms with Crippen molar-refractivity contribution < 1.29 is 27.8 Å². The zero-order valence-electron chi connectivity index (χ0n) is 12.8. The lowest BCUT2D eigenvalue weighted by Gasteiger charge is -2.15. The van der Waals surface area contributed by atoms with E-state index in [9.17, 15) is 13.6 Å². The van der Waals surface area contributed by atoms with Crippen molar-refractivity contribution in [1.82, 2.24) is 0 Å². The molecular weight excluding hydrogens is 344 g/mol. The van der Waals surface area contributed by atoms with Gasteiger partial charge in [0.15, 0.2) is 17.2 Å². The molecule has 0 heterocycles. The van der Waals surface area contributed by atoms with E-state index in [-0.39, 0.29) is 22.8 Å². The lowest BCUT2D eigenvalue weighted by molar-refractivity contribution is -0.0515. The Labute approximate surface area is 142 Å². The first kappa shape index (κ1) is 17.8. The van der Waals surface area contributed by atoms with Gasteiger partial charge in [0, 0.05) is 0 Å². The number of alkyl halides is 2. The number of hydrogen-bond donors (Lipinski definition) is 1. The van der Waals surface area contributed by atoms with Crippen LogP contribution in [0.5, 0.6) is 17.2 Å². The van der Waals surface area contributed by atoms with E-state index in [0.717, 1.165) is 0 Å². The molecule has 0 saturated carbocycles. The molecule has 2 aromatic carbocycles. The third kappa shape index (κ3) is 3.86. The molecule has 5 nitrogen and oxygen atoms in total. The average Bonchev–Trinajstić information content (AvgIpc) is 2.54. The quantitative estimate of drug-likeness (QED) is 0.841. The third-order valence-corrected chi connectivity index (χ3v) is 3.37. The molecule has 8 heteroatoms. The van der Waals surface area contributed by atoms with E-state index in [4.69, 9.17) is 21.1 Å². The summed E-state index contributed by atoms with van der Waals surface area (Å²) in [7, 11) is 2.68. The summed E-state index contributed by atoms with van der Waals surface area (Å²) in [6.45, 7) is -3.10. The molecular formula is C16H14ClF2NO4. The number of ether oxygens (including phenoxy) is 3. The van der Waals surface area contributed by atoms with Gasteiger partial charge in [-0.15, -0.1) is 0 Å². The first-order valence-corrected chi connectivity index (χ1v) is 7.11. The van der Waals surface area contributed by atoms with Crippen LogP contribution in [0.3, 0.4) is 0 Å². The van der Waals surface area contributed by atoms with Crippen molar-refractivity contribution in [2.45, 2.75) is 6.61 Å². The normalized spacial score (nSPS) is 10.4. The Morgan fingerprint density at radius 3 is 2.42 bits per heavy atom. The lowest BCUT2D eigenvalue weighted by Crippen LogP contribution is -2.16. The van der Waals surface area contributed by atoms with Crippen LogP contribution < -0.4 is 19.5 Å². The summed E-state index contributed by atoms with van der Waals surface area (Å²) in [5.41, 5.74) is 0.178. The summed E-state index contributed by atoms with van der Waals surface area (Å²) in [6.07, 6.45) is 0. The van der Waals surface area contributed by atoms with Crippen LogP contribution in [0.25, 0.3) is 0 Å². The van der Waals surface area contributed by atoms with Gasteiger partial charge in [-0.25, -0.2) is 0 Å². The van der Waals surface area contributed by atoms with E-state index in [1.807, 2.05) is 0 Å². The molecule has 2 rings (SSSR count). The fraction of sp³-hybridized carbons (Fsp3) is 0.188. The number of methoxy groups -OCH3 is 2. The minimum atomic E-state index is -3.10. The highest BCUT2D eigenvalue weighted by molar-refractivity contribution is 6.32. The summed E-state index contributed by atoms with van der Waals surface area (Å²) < 4.78 is 39.8. The van der Waals surface area contributed by atoms with Crippen LogP contribution in [0.1, 0.15) is 10.4 Å². The molecule has 0 unspecified atom stereocenters. The molecule has 0 saturated heterocycles. The molecule has 2 aromatic rings. The second kappa shape index (κ2) is 7.83. The standard InChI is InChI=1S/C16H14ClF2NO4/c1-22-12-8-3-5-9(13(12)24-16(18)19)15(21)20-11-7-4-6-10(17)14(11)23-2/h3-8,16H,1-2H3,(H,20,21). The second-order valence-corrected chi connectivity index (χ2v) is 4.90. The maximum absolute atomic E-state index is 12.6. The van der Waals surface area contributed by atoms with Crippen LogP contribution in [-0.4, -0.2) is 26.7 Å². The summed E-state index contributed by atoms with van der Waals surface area (Å²) in [4.78, 5) is 12.5. The fourth-order valence-corrected chi connectivity index (χ4v) is 2.32. The molecule has 0 aliphatic carbocycles. The van der Waals surface area contributed by atoms with Crippen molar-refractivity contribution in [1.29, 1.82) is 0 Å². The van der Waals surface area contributed by atoms with E-state index in [1.54, 1.807) is 18.2 Å². The van der Waals surface area contributed by atoms with E-state index in [1.165, 1.54) is 32.4 Å². The molecule has 128 valence electrons. The van der Waals surface area contributed by atoms with Gasteiger partial charge in [0.1, 0.15) is 0 Å². The first-order chi connectivity index (χ1) is 11.5. The molecule has 0 spiro atoms. The van der Waals surface area contributed by atoms with Crippen molar-refractivity contribution in [2.75, 3.05) is 19.5 Å². The van der Waals surface area contributed by atoms with Crippen molar-refractivity contribution in [2.24, 2.45) is 0 Å². The molecule has 0 bridgehead atoms. The average molecular weight is 358 g/mol. The van der Waals surface area contributed by atoms with Crippen LogP contribution in [-0.2, 0) is 0 Å². The first-order valence-electron chi connectivity index (χ1n) is 6.73. The van der Waals surface area contributed by atoms with Gasteiger partial charge in [0.2, 0.25) is 0 Å². The SMILES string of the molecule is COc1cccc(C(=O)Nc2cccc(Cl)c2OC)c1OC(F)F. The molecule has 1 N–H and O–H groups in total. The van der Waals surface area contributed by atoms with Gasteiger partial charge in [0.05, 0.1) is 30.5 Å². The van der Waals surface area contributed by atoms with E-state index < -0.39 is 12.5 Å². The molecule has 24 heavy (non-hydrogen) atoms. The minimum absolute atomic E-state index is 0.0148. The summed E-state index contributed by atoms with van der Waals surface area (Å²) in [5.74, 6) is -0.758. The number of amides is 1. The minimum Gasteiger partial charge on any atom is -0.493 e. The van der Waals surface area contributed by atoms with Gasteiger partial charge < -0.3 is 19.5 Å². The van der Waals surface area contributed by atoms with Crippen LogP contribution in [0.2, 0.25) is 5.02 Å². The number of halogens is 3. The molecule has 0 aliphatic heterocycles. The number of rotatable bonds is 6. The van der Waals surface area contributed by atoms with Gasteiger partial charge >= 0.3 is 6.61 Å². The van der Waals surface area contributed by atoms with Gasteiger partial charge in [-0.2, -0.15) is 8.78 Å². The number of carbonyl (C=O) groups is 1. The Morgan fingerprint density at radius 1 is 1.08 bits per heavy atom. The number of carbonyl (C=O) groups excluding carboxylic acids is 1. The molecule has 0 aromatic heterocycles. The number of nitrogens with one attached hydrogen (secondary N) is 1. The Balaban J connectivity index is 2.39. The highest BCUT2D eigenvalue weighted by Gasteiger charge is 2.21. The second-order valence-electron chi connectivity index (χ2n) is 4.49. The molecule has 0 aliphatic rings. The smallest absolute Gasteiger partial charge is 0.387 e. The highest BCUT2D eigenvalue weighted by atomic mass is 35.5. The van der Waals surface area contributed by atoms with Gasteiger partial charge in [0.25, 0.3) is 5.91 Å². The summed E-state index contributed by atoms with van der Waals surface area (Å²) in [5, 5.41) is 2.85. The highest BCUT2D eigenvalue weighted by Crippen LogP contribution is 2.35. The van der Waals surface area contributed by atoms with E-state index in [2.05, 4.69) is 10.1 Å². The van der Waals surface area contributed by atoms with Crippen LogP contribution >= 0.6 is 11.6 Å². The van der Waals surface area contributed by atoms with Gasteiger partial charge in [-0.05, 0) is 24.3 Å². The number of hydrogen-bond acceptors (Lipinski definition) is 4. The van der Waals surface area contributed by atoms with E-state index in [0.29, 0.717) is 10.7 Å². The predicted octanol–water partition coefficient (Wildman–Crippen LogP) is 4.21. The summed E-state index contributed by atoms with van der Waals surface area (Å²) in [6, 6.07) is 9.01. The van der Waals surface area contributed by atoms with Crippen LogP contribution in [0.4, 0.5) is 14.5 Å². The zero-order valence-corrected chi connectivity index (χ0v) is 13.6. The topological polar surface area (TPSA) is 56.8 Å². The largest absolute Gasteiger partial charge is 0.493 e. The van der Waals surface area contributed by atoms with E-state index >= 15 is 0 Å². The van der Waals surface area contributed by atoms with Crippen LogP contribution in [0, 0.1) is 0 Å². The molecule has 1 amide bonds. The molecule has 0 radical (unpaired) electrons. The van der Waals surface area contributed by atoms with Crippen LogP contribution in [0.15, 0.2) is 36.4 Å². The summed E-state index contributed by atoms with van der Waals surface area (Å²) >= 11 is 5.99. The predicted molar refractivity (Wildman–Crippen MR) is 85.6 cm³/mol. The number of para-hydroxylation sites is 2. The monoisotopic (exact) mass is 357 g/mol. The van der Waals surface area contributed by atoms with Crippen molar-refractivity contribution in [3.8, 4) is 17.2 Å². The number of benzene rings is 2. The van der Waals surface area contributed by atoms with Crippen molar-refractivity contribution >= 4 is 23.2 Å². The maximum Gasteiger partial charge on any atom is 0.387 e. The maximum atomic E-state index is 12.6. The van der Waals surface area contributed by atoms with Gasteiger partial charge in [-0.1, -0.05) is 23.7 Å². The Hall–Kier alpha value is -2.54. The Kier molecular flexibility index (Phi) is 5.81. The molecule has 0 atom stereocenters. The lowest BCUT2D eigenvalue weighted by atomic mass is 10.1. The Morgan fingerprint density at radius 2 is 1.79 bits per heavy atom. The van der Waals surface area contributed by atoms with Crippen molar-refractivity contribution in [3.05, 3.63) is 47.0 Å². The van der Waals surface area contributed by atoms with Crippen molar-refractivity contribution in [3.63, 3.8) is 0 Å². The zero-order chi connectivity index (χ0) is 17.7. The number of anilines is 1.